The van der Waals surface area contributed by atoms with Crippen LogP contribution in [0.15, 0.2) is 0 Å². The maximum absolute atomic E-state index is 9.00. The second-order valence-electron chi connectivity index (χ2n) is 12.2. The van der Waals surface area contributed by atoms with Crippen LogP contribution < -0.4 is 0 Å². The molecule has 0 bridgehead atoms. The van der Waals surface area contributed by atoms with Crippen molar-refractivity contribution < 1.29 is 9.90 Å². The van der Waals surface area contributed by atoms with Crippen molar-refractivity contribution >= 4 is 5.97 Å². The van der Waals surface area contributed by atoms with Crippen molar-refractivity contribution in [2.75, 3.05) is 19.6 Å². The molecule has 39 heavy (non-hydrogen) atoms. The number of hydrogen-bond donors (Lipinski definition) is 1. The molecule has 0 saturated heterocycles. The van der Waals surface area contributed by atoms with Gasteiger partial charge in [-0.25, -0.2) is 0 Å². The molecule has 1 N–H and O–H groups in total. The van der Waals surface area contributed by atoms with Crippen molar-refractivity contribution in [1.82, 2.24) is 4.90 Å². The number of carboxylic acids is 1. The van der Waals surface area contributed by atoms with E-state index >= 15 is 0 Å². The van der Waals surface area contributed by atoms with Crippen LogP contribution in [-0.2, 0) is 4.79 Å². The molecule has 0 rings (SSSR count). The average Bonchev–Trinajstić information content (AvgIpc) is 2.91. The van der Waals surface area contributed by atoms with Crippen molar-refractivity contribution in [3.05, 3.63) is 0 Å². The highest BCUT2D eigenvalue weighted by molar-refractivity contribution is 5.62. The Bertz CT molecular complexity index is 436. The minimum atomic E-state index is -0.833. The zero-order valence-corrected chi connectivity index (χ0v) is 27.7. The molecule has 0 heterocycles. The molecule has 0 aliphatic rings. The van der Waals surface area contributed by atoms with Gasteiger partial charge in [0.25, 0.3) is 5.97 Å². The van der Waals surface area contributed by atoms with Gasteiger partial charge in [-0.2, -0.15) is 0 Å². The van der Waals surface area contributed by atoms with Crippen molar-refractivity contribution in [2.24, 2.45) is 0 Å². The summed E-state index contributed by atoms with van der Waals surface area (Å²) < 4.78 is 0. The van der Waals surface area contributed by atoms with E-state index in [1.165, 1.54) is 199 Å². The van der Waals surface area contributed by atoms with E-state index in [1.807, 2.05) is 0 Å². The van der Waals surface area contributed by atoms with E-state index in [-0.39, 0.29) is 0 Å². The van der Waals surface area contributed by atoms with E-state index in [4.69, 9.17) is 9.90 Å². The molecule has 0 aliphatic carbocycles. The number of rotatable bonds is 31. The molecule has 0 saturated carbocycles. The Morgan fingerprint density at radius 2 is 0.538 bits per heavy atom. The minimum Gasteiger partial charge on any atom is -0.481 e. The molecule has 0 amide bonds. The summed E-state index contributed by atoms with van der Waals surface area (Å²) in [4.78, 5) is 11.8. The zero-order valence-electron chi connectivity index (χ0n) is 27.7. The maximum Gasteiger partial charge on any atom is 0.300 e. The third-order valence-corrected chi connectivity index (χ3v) is 7.98. The third-order valence-electron chi connectivity index (χ3n) is 7.98. The van der Waals surface area contributed by atoms with Crippen LogP contribution >= 0.6 is 0 Å². The van der Waals surface area contributed by atoms with E-state index in [0.29, 0.717) is 0 Å². The molecule has 0 aromatic carbocycles. The Hall–Kier alpha value is -0.570. The molecule has 236 valence electrons. The quantitative estimate of drug-likeness (QED) is 0.0868. The predicted molar refractivity (Wildman–Crippen MR) is 176 cm³/mol. The molecule has 0 fully saturated rings. The summed E-state index contributed by atoms with van der Waals surface area (Å²) in [7, 11) is 0. The van der Waals surface area contributed by atoms with Gasteiger partial charge in [-0.3, -0.25) is 4.79 Å². The van der Waals surface area contributed by atoms with E-state index in [9.17, 15) is 0 Å². The molecular weight excluding hydrogens is 478 g/mol. The van der Waals surface area contributed by atoms with Crippen molar-refractivity contribution in [3.8, 4) is 0 Å². The van der Waals surface area contributed by atoms with Crippen molar-refractivity contribution in [1.29, 1.82) is 0 Å². The molecule has 0 aliphatic heterocycles. The first-order chi connectivity index (χ1) is 19.1. The highest BCUT2D eigenvalue weighted by Gasteiger charge is 2.05. The molecule has 3 nitrogen and oxygen atoms in total. The zero-order chi connectivity index (χ0) is 29.1. The summed E-state index contributed by atoms with van der Waals surface area (Å²) in [6, 6.07) is 0. The van der Waals surface area contributed by atoms with Crippen LogP contribution in [0.4, 0.5) is 0 Å². The van der Waals surface area contributed by atoms with Crippen LogP contribution in [0.3, 0.4) is 0 Å². The second-order valence-corrected chi connectivity index (χ2v) is 12.2. The Kier molecular flexibility index (Phi) is 38.9. The fourth-order valence-electron chi connectivity index (χ4n) is 5.45. The van der Waals surface area contributed by atoms with Gasteiger partial charge in [-0.15, -0.1) is 0 Å². The fourth-order valence-corrected chi connectivity index (χ4v) is 5.45. The van der Waals surface area contributed by atoms with Gasteiger partial charge in [0, 0.05) is 6.92 Å². The number of carboxylic acid groups (broad SMARTS) is 1. The lowest BCUT2D eigenvalue weighted by Gasteiger charge is -2.22. The van der Waals surface area contributed by atoms with Crippen molar-refractivity contribution in [2.45, 2.75) is 207 Å². The van der Waals surface area contributed by atoms with Gasteiger partial charge in [0.1, 0.15) is 0 Å². The predicted octanol–water partition coefficient (Wildman–Crippen LogP) is 12.4. The lowest BCUT2D eigenvalue weighted by atomic mass is 10.0. The van der Waals surface area contributed by atoms with Gasteiger partial charge in [0.05, 0.1) is 0 Å². The Labute approximate surface area is 247 Å². The first-order valence-corrected chi connectivity index (χ1v) is 18.0. The number of nitrogens with zero attached hydrogens (tertiary/aromatic N) is 1. The van der Waals surface area contributed by atoms with Gasteiger partial charge < -0.3 is 10.0 Å². The number of hydrogen-bond acceptors (Lipinski definition) is 2. The van der Waals surface area contributed by atoms with Gasteiger partial charge in [0.15, 0.2) is 0 Å². The van der Waals surface area contributed by atoms with Crippen LogP contribution in [0.5, 0.6) is 0 Å². The lowest BCUT2D eigenvalue weighted by Crippen LogP contribution is -2.27. The molecule has 0 aromatic rings. The number of carbonyl (C=O) groups is 1. The summed E-state index contributed by atoms with van der Waals surface area (Å²) >= 11 is 0. The molecule has 0 unspecified atom stereocenters. The fraction of sp³-hybridized carbons (Fsp3) is 0.972. The second kappa shape index (κ2) is 37.4. The Morgan fingerprint density at radius 3 is 0.718 bits per heavy atom. The lowest BCUT2D eigenvalue weighted by molar-refractivity contribution is -0.134. The van der Waals surface area contributed by atoms with Crippen molar-refractivity contribution in [3.63, 3.8) is 0 Å². The first kappa shape index (κ1) is 40.6. The summed E-state index contributed by atoms with van der Waals surface area (Å²) in [5.74, 6) is -0.833. The van der Waals surface area contributed by atoms with Crippen LogP contribution in [-0.4, -0.2) is 35.6 Å². The van der Waals surface area contributed by atoms with E-state index in [2.05, 4.69) is 25.7 Å². The minimum absolute atomic E-state index is 0.833. The molecule has 0 radical (unpaired) electrons. The van der Waals surface area contributed by atoms with Gasteiger partial charge in [-0.05, 0) is 38.9 Å². The molecule has 3 heteroatoms. The summed E-state index contributed by atoms with van der Waals surface area (Å²) in [5, 5.41) is 7.42. The van der Waals surface area contributed by atoms with Crippen LogP contribution in [0.1, 0.15) is 207 Å². The first-order valence-electron chi connectivity index (χ1n) is 18.0. The summed E-state index contributed by atoms with van der Waals surface area (Å²) in [6.45, 7) is 12.1. The smallest absolute Gasteiger partial charge is 0.300 e. The summed E-state index contributed by atoms with van der Waals surface area (Å²) in [5.41, 5.74) is 0. The number of unbranched alkanes of at least 4 members (excludes halogenated alkanes) is 25. The van der Waals surface area contributed by atoms with Crippen LogP contribution in [0, 0.1) is 0 Å². The van der Waals surface area contributed by atoms with E-state index in [1.54, 1.807) is 0 Å². The highest BCUT2D eigenvalue weighted by atomic mass is 16.4. The number of aliphatic carboxylic acids is 1. The highest BCUT2D eigenvalue weighted by Crippen LogP contribution is 2.14. The topological polar surface area (TPSA) is 40.5 Å². The molecule has 0 atom stereocenters. The van der Waals surface area contributed by atoms with Crippen LogP contribution in [0.25, 0.3) is 0 Å². The maximum atomic E-state index is 9.00. The summed E-state index contributed by atoms with van der Waals surface area (Å²) in [6.07, 6.45) is 40.6. The molecule has 0 aromatic heterocycles. The van der Waals surface area contributed by atoms with E-state index < -0.39 is 5.97 Å². The Balaban J connectivity index is 0. The SMILES string of the molecule is CC(=O)O.CCCCCCCCCCCCCCCCN(CCCCCCCC)CCCCCCCCCC. The van der Waals surface area contributed by atoms with Crippen LogP contribution in [0.2, 0.25) is 0 Å². The van der Waals surface area contributed by atoms with Gasteiger partial charge in [0.2, 0.25) is 0 Å². The van der Waals surface area contributed by atoms with Gasteiger partial charge in [-0.1, -0.05) is 181 Å². The molecule has 0 spiro atoms. The van der Waals surface area contributed by atoms with Gasteiger partial charge >= 0.3 is 0 Å². The largest absolute Gasteiger partial charge is 0.481 e. The monoisotopic (exact) mass is 554 g/mol. The third kappa shape index (κ3) is 42.0. The normalized spacial score (nSPS) is 11.1. The Morgan fingerprint density at radius 1 is 0.385 bits per heavy atom. The standard InChI is InChI=1S/C34H71N.C2H4O2/c1-4-7-10-13-16-18-19-20-21-22-23-25-28-31-34-35(32-29-26-15-12-9-6-3)33-30-27-24-17-14-11-8-5-2;1-2(3)4/h4-34H2,1-3H3;1H3,(H,3,4). The van der Waals surface area contributed by atoms with E-state index in [0.717, 1.165) is 6.92 Å². The average molecular weight is 554 g/mol. The molecular formula is C36H75NO2.